The highest BCUT2D eigenvalue weighted by molar-refractivity contribution is 5.92. The topological polar surface area (TPSA) is 37.6 Å². The van der Waals surface area contributed by atoms with E-state index in [1.165, 1.54) is 15.9 Å². The number of hydrogen-bond acceptors (Lipinski definition) is 3. The third kappa shape index (κ3) is 3.28. The van der Waals surface area contributed by atoms with Crippen LogP contribution < -0.4 is 0 Å². The highest BCUT2D eigenvalue weighted by Gasteiger charge is 2.31. The maximum Gasteiger partial charge on any atom is 0.0930 e. The number of aromatic nitrogens is 1. The van der Waals surface area contributed by atoms with Crippen LogP contribution in [-0.4, -0.2) is 41.1 Å². The first-order chi connectivity index (χ1) is 14.7. The maximum absolute atomic E-state index is 11.2. The summed E-state index contributed by atoms with van der Waals surface area (Å²) < 4.78 is 7.01. The molecule has 0 saturated carbocycles. The Morgan fingerprint density at radius 2 is 1.50 bits per heavy atom. The summed E-state index contributed by atoms with van der Waals surface area (Å²) in [5.41, 5.74) is 6.32. The van der Waals surface area contributed by atoms with Crippen molar-refractivity contribution in [1.82, 2.24) is 9.63 Å². The first-order valence-electron chi connectivity index (χ1n) is 10.5. The predicted molar refractivity (Wildman–Crippen MR) is 120 cm³/mol. The molecule has 0 radical (unpaired) electrons. The van der Waals surface area contributed by atoms with E-state index >= 15 is 0 Å². The predicted octanol–water partition coefficient (Wildman–Crippen LogP) is 5.28. The second-order valence-electron chi connectivity index (χ2n) is 7.92. The van der Waals surface area contributed by atoms with Crippen LogP contribution >= 0.6 is 0 Å². The summed E-state index contributed by atoms with van der Waals surface area (Å²) in [4.78, 5) is 2.47. The lowest BCUT2D eigenvalue weighted by Crippen LogP contribution is -2.39. The third-order valence-corrected chi connectivity index (χ3v) is 6.01. The van der Waals surface area contributed by atoms with Crippen molar-refractivity contribution in [3.05, 3.63) is 95.6 Å². The molecule has 4 nitrogen and oxygen atoms in total. The van der Waals surface area contributed by atoms with E-state index < -0.39 is 0 Å². The zero-order valence-corrected chi connectivity index (χ0v) is 17.2. The molecule has 4 heteroatoms. The van der Waals surface area contributed by atoms with Crippen LogP contribution in [0.2, 0.25) is 0 Å². The molecule has 0 aliphatic carbocycles. The SMILES string of the molecule is Cc1ccc(C(c2c(-c3ccccc3)n(O)c3ccccc23)N2CCOCC2)cc1. The minimum absolute atomic E-state index is 0.0306. The number of morpholine rings is 1. The maximum atomic E-state index is 11.2. The first kappa shape index (κ1) is 18.9. The molecule has 1 atom stereocenters. The van der Waals surface area contributed by atoms with Gasteiger partial charge in [0.25, 0.3) is 0 Å². The number of rotatable bonds is 4. The highest BCUT2D eigenvalue weighted by atomic mass is 16.5. The number of benzene rings is 3. The molecule has 0 amide bonds. The fourth-order valence-electron chi connectivity index (χ4n) is 4.54. The molecule has 1 aliphatic rings. The summed E-state index contributed by atoms with van der Waals surface area (Å²) in [6.45, 7) is 5.28. The van der Waals surface area contributed by atoms with E-state index in [4.69, 9.17) is 4.74 Å². The Kier molecular flexibility index (Phi) is 5.03. The number of aryl methyl sites for hydroxylation is 1. The zero-order chi connectivity index (χ0) is 20.5. The van der Waals surface area contributed by atoms with E-state index in [2.05, 4.69) is 54.3 Å². The van der Waals surface area contributed by atoms with E-state index in [1.807, 2.05) is 36.4 Å². The van der Waals surface area contributed by atoms with Gasteiger partial charge in [0, 0.05) is 29.6 Å². The first-order valence-corrected chi connectivity index (χ1v) is 10.5. The van der Waals surface area contributed by atoms with E-state index in [0.717, 1.165) is 54.0 Å². The molecule has 3 aromatic carbocycles. The lowest BCUT2D eigenvalue weighted by atomic mass is 9.91. The molecule has 0 spiro atoms. The average Bonchev–Trinajstić information content (AvgIpc) is 3.09. The quantitative estimate of drug-likeness (QED) is 0.476. The van der Waals surface area contributed by atoms with Crippen molar-refractivity contribution in [3.8, 4) is 11.3 Å². The standard InChI is InChI=1S/C26H26N2O2/c1-19-11-13-21(14-12-19)25(27-15-17-30-18-16-27)24-22-9-5-6-10-23(22)28(29)26(24)20-7-3-2-4-8-20/h2-14,25,29H,15-18H2,1H3. The second kappa shape index (κ2) is 7.98. The van der Waals surface area contributed by atoms with Gasteiger partial charge in [-0.15, -0.1) is 0 Å². The molecule has 30 heavy (non-hydrogen) atoms. The van der Waals surface area contributed by atoms with Crippen LogP contribution in [0, 0.1) is 6.92 Å². The summed E-state index contributed by atoms with van der Waals surface area (Å²) >= 11 is 0. The van der Waals surface area contributed by atoms with Gasteiger partial charge in [-0.05, 0) is 18.6 Å². The van der Waals surface area contributed by atoms with Crippen molar-refractivity contribution in [2.75, 3.05) is 26.3 Å². The lowest BCUT2D eigenvalue weighted by molar-refractivity contribution is 0.0241. The molecule has 5 rings (SSSR count). The van der Waals surface area contributed by atoms with Gasteiger partial charge in [-0.1, -0.05) is 78.4 Å². The summed E-state index contributed by atoms with van der Waals surface area (Å²) in [7, 11) is 0. The Bertz CT molecular complexity index is 1140. The summed E-state index contributed by atoms with van der Waals surface area (Å²) in [5.74, 6) is 0. The lowest BCUT2D eigenvalue weighted by Gasteiger charge is -2.35. The molecule has 0 bridgehead atoms. The van der Waals surface area contributed by atoms with Crippen molar-refractivity contribution >= 4 is 10.9 Å². The van der Waals surface area contributed by atoms with Crippen molar-refractivity contribution in [3.63, 3.8) is 0 Å². The van der Waals surface area contributed by atoms with Crippen LogP contribution in [0.15, 0.2) is 78.9 Å². The highest BCUT2D eigenvalue weighted by Crippen LogP contribution is 2.42. The Labute approximate surface area is 176 Å². The Hall–Kier alpha value is -3.08. The van der Waals surface area contributed by atoms with Crippen molar-refractivity contribution in [2.24, 2.45) is 0 Å². The van der Waals surface area contributed by atoms with E-state index in [0.29, 0.717) is 0 Å². The fraction of sp³-hybridized carbons (Fsp3) is 0.231. The summed E-state index contributed by atoms with van der Waals surface area (Å²) in [6, 6.07) is 27.1. The van der Waals surface area contributed by atoms with Crippen LogP contribution in [0.25, 0.3) is 22.2 Å². The van der Waals surface area contributed by atoms with E-state index in [-0.39, 0.29) is 6.04 Å². The Morgan fingerprint density at radius 3 is 2.23 bits per heavy atom. The molecule has 152 valence electrons. The van der Waals surface area contributed by atoms with Crippen LogP contribution in [0.5, 0.6) is 0 Å². The van der Waals surface area contributed by atoms with Crippen molar-refractivity contribution < 1.29 is 9.94 Å². The minimum atomic E-state index is 0.0306. The van der Waals surface area contributed by atoms with Gasteiger partial charge in [-0.25, -0.2) is 0 Å². The van der Waals surface area contributed by atoms with Gasteiger partial charge in [-0.3, -0.25) is 4.90 Å². The van der Waals surface area contributed by atoms with Crippen LogP contribution in [0.4, 0.5) is 0 Å². The van der Waals surface area contributed by atoms with E-state index in [9.17, 15) is 5.21 Å². The van der Waals surface area contributed by atoms with Gasteiger partial charge >= 0.3 is 0 Å². The molecule has 4 aromatic rings. The number of ether oxygens (including phenoxy) is 1. The number of nitrogens with zero attached hydrogens (tertiary/aromatic N) is 2. The van der Waals surface area contributed by atoms with Crippen LogP contribution in [-0.2, 0) is 4.74 Å². The van der Waals surface area contributed by atoms with Gasteiger partial charge in [0.2, 0.25) is 0 Å². The molecule has 1 fully saturated rings. The molecule has 1 N–H and O–H groups in total. The molecular weight excluding hydrogens is 372 g/mol. The normalized spacial score (nSPS) is 16.0. The molecular formula is C26H26N2O2. The number of fused-ring (bicyclic) bond motifs is 1. The van der Waals surface area contributed by atoms with Gasteiger partial charge in [0.15, 0.2) is 0 Å². The fourth-order valence-corrected chi connectivity index (χ4v) is 4.54. The monoisotopic (exact) mass is 398 g/mol. The van der Waals surface area contributed by atoms with Crippen LogP contribution in [0.3, 0.4) is 0 Å². The molecule has 1 saturated heterocycles. The second-order valence-corrected chi connectivity index (χ2v) is 7.92. The van der Waals surface area contributed by atoms with Crippen molar-refractivity contribution in [2.45, 2.75) is 13.0 Å². The van der Waals surface area contributed by atoms with Gasteiger partial charge in [0.1, 0.15) is 0 Å². The largest absolute Gasteiger partial charge is 0.428 e. The minimum Gasteiger partial charge on any atom is -0.428 e. The number of para-hydroxylation sites is 1. The zero-order valence-electron chi connectivity index (χ0n) is 17.2. The third-order valence-electron chi connectivity index (χ3n) is 6.01. The smallest absolute Gasteiger partial charge is 0.0930 e. The Morgan fingerprint density at radius 1 is 0.833 bits per heavy atom. The molecule has 1 aliphatic heterocycles. The number of hydrogen-bond donors (Lipinski definition) is 1. The van der Waals surface area contributed by atoms with E-state index in [1.54, 1.807) is 0 Å². The summed E-state index contributed by atoms with van der Waals surface area (Å²) in [5, 5.41) is 12.3. The van der Waals surface area contributed by atoms with Gasteiger partial charge in [0.05, 0.1) is 30.5 Å². The molecule has 1 aromatic heterocycles. The molecule has 1 unspecified atom stereocenters. The Balaban J connectivity index is 1.80. The van der Waals surface area contributed by atoms with Crippen LogP contribution in [0.1, 0.15) is 22.7 Å². The molecule has 2 heterocycles. The van der Waals surface area contributed by atoms with Gasteiger partial charge < -0.3 is 9.94 Å². The average molecular weight is 399 g/mol. The summed E-state index contributed by atoms with van der Waals surface area (Å²) in [6.07, 6.45) is 0. The van der Waals surface area contributed by atoms with Gasteiger partial charge in [-0.2, -0.15) is 4.73 Å². The van der Waals surface area contributed by atoms with Crippen molar-refractivity contribution in [1.29, 1.82) is 0 Å².